The molecule has 0 spiro atoms. The molecule has 3 saturated heterocycles. The topological polar surface area (TPSA) is 135 Å². The van der Waals surface area contributed by atoms with Crippen LogP contribution >= 0.6 is 0 Å². The van der Waals surface area contributed by atoms with Crippen LogP contribution in [0, 0.1) is 0 Å². The summed E-state index contributed by atoms with van der Waals surface area (Å²) in [5.74, 6) is -1.76. The van der Waals surface area contributed by atoms with E-state index in [1.165, 1.54) is 12.1 Å². The monoisotopic (exact) mass is 528 g/mol. The quantitative estimate of drug-likeness (QED) is 0.564. The third-order valence-electron chi connectivity index (χ3n) is 6.93. The van der Waals surface area contributed by atoms with E-state index in [1.54, 1.807) is 16.0 Å². The lowest BCUT2D eigenvalue weighted by molar-refractivity contribution is -0.140. The van der Waals surface area contributed by atoms with Crippen LogP contribution < -0.4 is 10.2 Å². The van der Waals surface area contributed by atoms with Crippen molar-refractivity contribution in [3.63, 3.8) is 0 Å². The summed E-state index contributed by atoms with van der Waals surface area (Å²) in [6.07, 6.45) is 1.39. The Kier molecular flexibility index (Phi) is 6.86. The number of nitrogens with one attached hydrogen (secondary N) is 1. The third-order valence-corrected chi connectivity index (χ3v) is 6.93. The number of benzene rings is 1. The van der Waals surface area contributed by atoms with Crippen LogP contribution in [0.15, 0.2) is 18.2 Å². The minimum atomic E-state index is -1.00. The maximum absolute atomic E-state index is 13.0. The highest BCUT2D eigenvalue weighted by Gasteiger charge is 2.45. The van der Waals surface area contributed by atoms with E-state index in [0.717, 1.165) is 17.7 Å². The third kappa shape index (κ3) is 5.37. The van der Waals surface area contributed by atoms with E-state index in [0.29, 0.717) is 31.9 Å². The first-order valence-electron chi connectivity index (χ1n) is 12.9. The van der Waals surface area contributed by atoms with Gasteiger partial charge in [-0.2, -0.15) is 0 Å². The second kappa shape index (κ2) is 9.99. The lowest BCUT2D eigenvalue weighted by Gasteiger charge is -2.42. The fourth-order valence-corrected chi connectivity index (χ4v) is 4.99. The molecular weight excluding hydrogens is 496 g/mol. The van der Waals surface area contributed by atoms with Crippen molar-refractivity contribution in [2.75, 3.05) is 26.2 Å². The van der Waals surface area contributed by atoms with Crippen molar-refractivity contribution in [3.8, 4) is 5.75 Å². The zero-order valence-electron chi connectivity index (χ0n) is 21.7. The molecule has 1 N–H and O–H groups in total. The first kappa shape index (κ1) is 26.1. The summed E-state index contributed by atoms with van der Waals surface area (Å²) in [4.78, 5) is 70.2. The summed E-state index contributed by atoms with van der Waals surface area (Å²) in [6.45, 7) is 7.77. The van der Waals surface area contributed by atoms with E-state index in [2.05, 4.69) is 5.32 Å². The summed E-state index contributed by atoms with van der Waals surface area (Å²) < 4.78 is 11.5. The Morgan fingerprint density at radius 2 is 1.63 bits per heavy atom. The largest absolute Gasteiger partial charge is 0.444 e. The lowest BCUT2D eigenvalue weighted by Crippen LogP contribution is -2.57. The van der Waals surface area contributed by atoms with Crippen LogP contribution in [0.25, 0.3) is 0 Å². The van der Waals surface area contributed by atoms with Gasteiger partial charge in [0.2, 0.25) is 11.8 Å². The van der Waals surface area contributed by atoms with Crippen LogP contribution in [0.2, 0.25) is 0 Å². The molecule has 1 atom stereocenters. The van der Waals surface area contributed by atoms with Gasteiger partial charge in [0.05, 0.1) is 36.4 Å². The van der Waals surface area contributed by atoms with E-state index in [-0.39, 0.29) is 42.3 Å². The van der Waals surface area contributed by atoms with Gasteiger partial charge >= 0.3 is 6.09 Å². The van der Waals surface area contributed by atoms with Crippen LogP contribution in [0.1, 0.15) is 67.2 Å². The summed E-state index contributed by atoms with van der Waals surface area (Å²) in [5.41, 5.74) is -0.139. The number of fused-ring (bicyclic) bond motifs is 1. The van der Waals surface area contributed by atoms with Crippen molar-refractivity contribution in [1.82, 2.24) is 20.2 Å². The molecule has 3 fully saturated rings. The first-order chi connectivity index (χ1) is 18.0. The standard InChI is InChI=1S/C26H32N4O8/c1-26(2,3)37-25(35)28-13-17(14-28)36-15-8-10-29(11-9-15)38-16-4-5-18-19(12-16)24(34)30(23(18)33)20-6-7-21(31)27-22(20)32/h4-5,12,15,17,20H,6-11,13-14H2,1-3H3,(H,27,31,32). The van der Waals surface area contributed by atoms with Gasteiger partial charge in [-0.3, -0.25) is 29.4 Å². The Morgan fingerprint density at radius 1 is 0.947 bits per heavy atom. The highest BCUT2D eigenvalue weighted by atomic mass is 16.7. The Hall–Kier alpha value is -3.51. The fraction of sp³-hybridized carbons (Fsp3) is 0.577. The van der Waals surface area contributed by atoms with E-state index in [1.807, 2.05) is 20.8 Å². The van der Waals surface area contributed by atoms with Crippen LogP contribution in [0.5, 0.6) is 5.75 Å². The number of hydrogen-bond acceptors (Lipinski definition) is 9. The van der Waals surface area contributed by atoms with Gasteiger partial charge < -0.3 is 19.2 Å². The summed E-state index contributed by atoms with van der Waals surface area (Å²) in [6, 6.07) is 3.67. The molecule has 0 aromatic heterocycles. The SMILES string of the molecule is CC(C)(C)OC(=O)N1CC(OC2CCN(Oc3ccc4c(c3)C(=O)N(C3CCC(=O)NC3=O)C4=O)CC2)C1. The number of ether oxygens (including phenoxy) is 2. The predicted octanol–water partition coefficient (Wildman–Crippen LogP) is 1.48. The summed E-state index contributed by atoms with van der Waals surface area (Å²) in [5, 5.41) is 3.98. The van der Waals surface area contributed by atoms with Crippen molar-refractivity contribution in [2.24, 2.45) is 0 Å². The number of carbonyl (C=O) groups is 5. The van der Waals surface area contributed by atoms with Gasteiger partial charge in [-0.05, 0) is 58.2 Å². The number of rotatable bonds is 5. The Balaban J connectivity index is 1.10. The van der Waals surface area contributed by atoms with Gasteiger partial charge in [-0.15, -0.1) is 5.06 Å². The molecule has 4 aliphatic heterocycles. The van der Waals surface area contributed by atoms with Crippen molar-refractivity contribution in [3.05, 3.63) is 29.3 Å². The number of likely N-dealkylation sites (tertiary alicyclic amines) is 1. The molecule has 1 aromatic carbocycles. The molecule has 0 saturated carbocycles. The van der Waals surface area contributed by atoms with Crippen molar-refractivity contribution < 1.29 is 38.3 Å². The van der Waals surface area contributed by atoms with Crippen molar-refractivity contribution in [1.29, 1.82) is 0 Å². The molecule has 4 heterocycles. The van der Waals surface area contributed by atoms with Gasteiger partial charge in [0.25, 0.3) is 11.8 Å². The molecule has 4 aliphatic rings. The number of hydrogen-bond donors (Lipinski definition) is 1. The molecule has 5 amide bonds. The Morgan fingerprint density at radius 3 is 2.29 bits per heavy atom. The van der Waals surface area contributed by atoms with Crippen molar-refractivity contribution in [2.45, 2.75) is 70.3 Å². The van der Waals surface area contributed by atoms with Gasteiger partial charge in [0, 0.05) is 19.5 Å². The second-order valence-corrected chi connectivity index (χ2v) is 11.0. The zero-order valence-corrected chi connectivity index (χ0v) is 21.7. The number of hydroxylamine groups is 2. The second-order valence-electron chi connectivity index (χ2n) is 11.0. The molecule has 38 heavy (non-hydrogen) atoms. The molecule has 0 radical (unpaired) electrons. The van der Waals surface area contributed by atoms with Gasteiger partial charge in [0.15, 0.2) is 0 Å². The molecule has 12 nitrogen and oxygen atoms in total. The molecule has 204 valence electrons. The number of amides is 5. The molecule has 0 aliphatic carbocycles. The number of carbonyl (C=O) groups excluding carboxylic acids is 5. The highest BCUT2D eigenvalue weighted by Crippen LogP contribution is 2.31. The van der Waals surface area contributed by atoms with Crippen molar-refractivity contribution >= 4 is 29.7 Å². The van der Waals surface area contributed by atoms with Crippen LogP contribution in [-0.2, 0) is 19.1 Å². The Bertz CT molecular complexity index is 1160. The average molecular weight is 529 g/mol. The van der Waals surface area contributed by atoms with Gasteiger partial charge in [-0.1, -0.05) is 0 Å². The molecule has 0 bridgehead atoms. The smallest absolute Gasteiger partial charge is 0.410 e. The maximum Gasteiger partial charge on any atom is 0.410 e. The molecule has 12 heteroatoms. The number of piperidine rings is 2. The van der Waals surface area contributed by atoms with E-state index >= 15 is 0 Å². The summed E-state index contributed by atoms with van der Waals surface area (Å²) in [7, 11) is 0. The number of imide groups is 2. The van der Waals surface area contributed by atoms with Gasteiger partial charge in [0.1, 0.15) is 17.4 Å². The van der Waals surface area contributed by atoms with Crippen LogP contribution in [0.4, 0.5) is 4.79 Å². The van der Waals surface area contributed by atoms with E-state index in [9.17, 15) is 24.0 Å². The minimum Gasteiger partial charge on any atom is -0.444 e. The average Bonchev–Trinajstić information content (AvgIpc) is 3.05. The van der Waals surface area contributed by atoms with Crippen LogP contribution in [-0.4, -0.2) is 94.6 Å². The van der Waals surface area contributed by atoms with E-state index < -0.39 is 35.3 Å². The Labute approximate surface area is 220 Å². The predicted molar refractivity (Wildman–Crippen MR) is 131 cm³/mol. The zero-order chi connectivity index (χ0) is 27.2. The highest BCUT2D eigenvalue weighted by molar-refractivity contribution is 6.23. The minimum absolute atomic E-state index is 0.00689. The lowest BCUT2D eigenvalue weighted by atomic mass is 10.0. The van der Waals surface area contributed by atoms with E-state index in [4.69, 9.17) is 14.3 Å². The molecule has 1 aromatic rings. The first-order valence-corrected chi connectivity index (χ1v) is 12.9. The maximum atomic E-state index is 13.0. The van der Waals surface area contributed by atoms with Crippen LogP contribution in [0.3, 0.4) is 0 Å². The molecule has 5 rings (SSSR count). The number of nitrogens with zero attached hydrogens (tertiary/aromatic N) is 3. The summed E-state index contributed by atoms with van der Waals surface area (Å²) >= 11 is 0. The normalized spacial score (nSPS) is 23.3. The molecular formula is C26H32N4O8. The van der Waals surface area contributed by atoms with Gasteiger partial charge in [-0.25, -0.2) is 4.79 Å². The fourth-order valence-electron chi connectivity index (χ4n) is 4.99. The molecule has 1 unspecified atom stereocenters.